The van der Waals surface area contributed by atoms with Gasteiger partial charge in [0.05, 0.1) is 17.0 Å². The van der Waals surface area contributed by atoms with E-state index in [4.69, 9.17) is 5.73 Å². The maximum atomic E-state index is 14.8. The molecule has 4 rings (SSSR count). The number of nitrogens with two attached hydrogens (primary N) is 1. The molecule has 0 fully saturated rings. The molecule has 0 radical (unpaired) electrons. The van der Waals surface area contributed by atoms with E-state index in [-0.39, 0.29) is 17.6 Å². The summed E-state index contributed by atoms with van der Waals surface area (Å²) in [6.07, 6.45) is 3.45. The molecule has 2 aromatic heterocycles. The molecular weight excluding hydrogens is 418 g/mol. The molecule has 4 aromatic rings. The number of aryl methyl sites for hydroxylation is 1. The highest BCUT2D eigenvalue weighted by atomic mass is 32.2. The van der Waals surface area contributed by atoms with Crippen molar-refractivity contribution >= 4 is 34.5 Å². The number of hydrogen-bond donors (Lipinski definition) is 2. The van der Waals surface area contributed by atoms with Gasteiger partial charge >= 0.3 is 0 Å². The molecule has 0 saturated heterocycles. The van der Waals surface area contributed by atoms with Crippen LogP contribution in [0, 0.1) is 11.6 Å². The number of fused-ring (bicyclic) bond motifs is 1. The van der Waals surface area contributed by atoms with Gasteiger partial charge in [0.1, 0.15) is 5.69 Å². The Bertz CT molecular complexity index is 1230. The molecule has 0 amide bonds. The van der Waals surface area contributed by atoms with Crippen LogP contribution in [0.5, 0.6) is 0 Å². The van der Waals surface area contributed by atoms with Crippen LogP contribution < -0.4 is 10.5 Å². The van der Waals surface area contributed by atoms with Gasteiger partial charge in [0.2, 0.25) is 5.95 Å². The predicted octanol–water partition coefficient (Wildman–Crippen LogP) is 5.27. The molecule has 2 aromatic carbocycles. The number of anilines is 2. The van der Waals surface area contributed by atoms with Gasteiger partial charge in [-0.25, -0.2) is 18.7 Å². The Morgan fingerprint density at radius 1 is 1.13 bits per heavy atom. The summed E-state index contributed by atoms with van der Waals surface area (Å²) in [6.45, 7) is 4.06. The summed E-state index contributed by atoms with van der Waals surface area (Å²) >= 11 is 1.18. The number of hydrogen-bond acceptors (Lipinski definition) is 6. The zero-order valence-corrected chi connectivity index (χ0v) is 18.2. The average molecular weight is 441 g/mol. The van der Waals surface area contributed by atoms with E-state index >= 15 is 0 Å². The van der Waals surface area contributed by atoms with Gasteiger partial charge in [0.25, 0.3) is 0 Å². The van der Waals surface area contributed by atoms with Gasteiger partial charge in [0.15, 0.2) is 11.6 Å². The third kappa shape index (κ3) is 4.46. The van der Waals surface area contributed by atoms with Crippen molar-refractivity contribution in [3.8, 4) is 11.1 Å². The van der Waals surface area contributed by atoms with Crippen LogP contribution in [-0.4, -0.2) is 19.7 Å². The van der Waals surface area contributed by atoms with Crippen molar-refractivity contribution in [2.75, 3.05) is 10.5 Å². The maximum absolute atomic E-state index is 14.8. The zero-order chi connectivity index (χ0) is 22.1. The summed E-state index contributed by atoms with van der Waals surface area (Å²) in [5, 5.41) is 5.01. The highest BCUT2D eigenvalue weighted by Gasteiger charge is 2.16. The lowest BCUT2D eigenvalue weighted by Crippen LogP contribution is -2.00. The molecule has 6 nitrogen and oxygen atoms in total. The minimum absolute atomic E-state index is 0.148. The zero-order valence-electron chi connectivity index (χ0n) is 17.4. The van der Waals surface area contributed by atoms with E-state index in [1.54, 1.807) is 10.9 Å². The van der Waals surface area contributed by atoms with Gasteiger partial charge in [-0.05, 0) is 64.9 Å². The van der Waals surface area contributed by atoms with Crippen molar-refractivity contribution in [2.24, 2.45) is 7.05 Å². The summed E-state index contributed by atoms with van der Waals surface area (Å²) in [6, 6.07) is 8.23. The molecule has 9 heteroatoms. The minimum Gasteiger partial charge on any atom is -0.368 e. The van der Waals surface area contributed by atoms with Gasteiger partial charge < -0.3 is 10.5 Å². The van der Waals surface area contributed by atoms with Crippen molar-refractivity contribution < 1.29 is 8.78 Å². The fraction of sp³-hybridized carbons (Fsp3) is 0.227. The first-order valence-corrected chi connectivity index (χ1v) is 10.7. The normalized spacial score (nSPS) is 11.4. The number of nitrogen functional groups attached to an aromatic ring is 1. The summed E-state index contributed by atoms with van der Waals surface area (Å²) in [4.78, 5) is 8.39. The number of nitrogens with zero attached hydrogens (tertiary/aromatic N) is 4. The van der Waals surface area contributed by atoms with E-state index < -0.39 is 11.6 Å². The lowest BCUT2D eigenvalue weighted by molar-refractivity contribution is 0.592. The molecule has 3 N–H and O–H groups in total. The second-order valence-corrected chi connectivity index (χ2v) is 8.35. The van der Waals surface area contributed by atoms with Crippen LogP contribution >= 0.6 is 11.9 Å². The van der Waals surface area contributed by atoms with Gasteiger partial charge in [-0.1, -0.05) is 13.8 Å². The highest BCUT2D eigenvalue weighted by Crippen LogP contribution is 2.34. The monoisotopic (exact) mass is 440 g/mol. The molecule has 31 heavy (non-hydrogen) atoms. The van der Waals surface area contributed by atoms with Crippen LogP contribution in [0.3, 0.4) is 0 Å². The van der Waals surface area contributed by atoms with Crippen LogP contribution in [0.1, 0.15) is 31.0 Å². The van der Waals surface area contributed by atoms with Crippen LogP contribution in [0.4, 0.5) is 20.4 Å². The van der Waals surface area contributed by atoms with Gasteiger partial charge in [-0.15, -0.1) is 0 Å². The van der Waals surface area contributed by atoms with E-state index in [1.807, 2.05) is 45.3 Å². The van der Waals surface area contributed by atoms with Gasteiger partial charge in [0, 0.05) is 24.8 Å². The van der Waals surface area contributed by atoms with Crippen molar-refractivity contribution in [1.82, 2.24) is 19.7 Å². The Morgan fingerprint density at radius 3 is 2.48 bits per heavy atom. The molecule has 0 aliphatic heterocycles. The van der Waals surface area contributed by atoms with Crippen LogP contribution in [0.2, 0.25) is 0 Å². The van der Waals surface area contributed by atoms with E-state index in [1.165, 1.54) is 24.1 Å². The van der Waals surface area contributed by atoms with Gasteiger partial charge in [-0.3, -0.25) is 4.68 Å². The lowest BCUT2D eigenvalue weighted by atomic mass is 9.94. The third-order valence-corrected chi connectivity index (χ3v) is 5.68. The molecule has 0 atom stereocenters. The summed E-state index contributed by atoms with van der Waals surface area (Å²) < 4.78 is 34.0. The van der Waals surface area contributed by atoms with Crippen molar-refractivity contribution in [3.63, 3.8) is 0 Å². The average Bonchev–Trinajstić information content (AvgIpc) is 3.14. The molecule has 0 spiro atoms. The second kappa shape index (κ2) is 8.50. The maximum Gasteiger partial charge on any atom is 0.220 e. The molecule has 2 heterocycles. The Balaban J connectivity index is 1.64. The standard InChI is InChI=1S/C22H22F2N6S/c1-12(2)17-7-13(6-15-10-26-22(25)27-20(15)17)14-8-18(23)21(19(24)9-14)29-31-11-16-4-5-30(3)28-16/h4-10,12,29H,11H2,1-3H3,(H2,25,26,27). The second-order valence-electron chi connectivity index (χ2n) is 7.57. The van der Waals surface area contributed by atoms with E-state index in [9.17, 15) is 8.78 Å². The molecular formula is C22H22F2N6S. The first-order chi connectivity index (χ1) is 14.8. The minimum atomic E-state index is -0.664. The lowest BCUT2D eigenvalue weighted by Gasteiger charge is -2.14. The van der Waals surface area contributed by atoms with Crippen LogP contribution in [-0.2, 0) is 12.8 Å². The number of nitrogens with one attached hydrogen (secondary N) is 1. The Hall–Kier alpha value is -3.20. The number of halogens is 2. The fourth-order valence-electron chi connectivity index (χ4n) is 3.35. The topological polar surface area (TPSA) is 81.7 Å². The molecule has 0 aliphatic rings. The Morgan fingerprint density at radius 2 is 1.84 bits per heavy atom. The summed E-state index contributed by atoms with van der Waals surface area (Å²) in [7, 11) is 1.82. The van der Waals surface area contributed by atoms with Crippen molar-refractivity contribution in [3.05, 3.63) is 65.6 Å². The Labute approximate surface area is 183 Å². The van der Waals surface area contributed by atoms with Crippen molar-refractivity contribution in [2.45, 2.75) is 25.5 Å². The molecule has 0 saturated carbocycles. The van der Waals surface area contributed by atoms with Crippen LogP contribution in [0.25, 0.3) is 22.0 Å². The fourth-order valence-corrected chi connectivity index (χ4v) is 4.07. The largest absolute Gasteiger partial charge is 0.368 e. The number of aromatic nitrogens is 4. The first kappa shape index (κ1) is 21.0. The highest BCUT2D eigenvalue weighted by molar-refractivity contribution is 7.99. The predicted molar refractivity (Wildman–Crippen MR) is 122 cm³/mol. The summed E-state index contributed by atoms with van der Waals surface area (Å²) in [5.74, 6) is -0.507. The molecule has 0 bridgehead atoms. The number of benzene rings is 2. The van der Waals surface area contributed by atoms with Crippen LogP contribution in [0.15, 0.2) is 42.7 Å². The molecule has 0 unspecified atom stereocenters. The van der Waals surface area contributed by atoms with Crippen molar-refractivity contribution in [1.29, 1.82) is 0 Å². The quantitative estimate of drug-likeness (QED) is 0.397. The SMILES string of the molecule is CC(C)c1cc(-c2cc(F)c(NSCc3ccn(C)n3)c(F)c2)cc2cnc(N)nc12. The smallest absolute Gasteiger partial charge is 0.220 e. The Kier molecular flexibility index (Phi) is 5.77. The first-order valence-electron chi connectivity index (χ1n) is 9.73. The third-order valence-electron chi connectivity index (χ3n) is 4.89. The van der Waals surface area contributed by atoms with E-state index in [0.29, 0.717) is 16.9 Å². The number of rotatable bonds is 6. The van der Waals surface area contributed by atoms with Gasteiger partial charge in [-0.2, -0.15) is 5.10 Å². The summed E-state index contributed by atoms with van der Waals surface area (Å²) in [5.41, 5.74) is 9.20. The van der Waals surface area contributed by atoms with E-state index in [0.717, 1.165) is 22.2 Å². The molecule has 0 aliphatic carbocycles. The molecule has 160 valence electrons. The van der Waals surface area contributed by atoms with E-state index in [2.05, 4.69) is 19.8 Å².